The van der Waals surface area contributed by atoms with E-state index in [-0.39, 0.29) is 0 Å². The van der Waals surface area contributed by atoms with Crippen LogP contribution < -0.4 is 5.32 Å². The maximum absolute atomic E-state index is 5.27. The Kier molecular flexibility index (Phi) is 3.78. The molecule has 19 heavy (non-hydrogen) atoms. The summed E-state index contributed by atoms with van der Waals surface area (Å²) >= 11 is 0. The summed E-state index contributed by atoms with van der Waals surface area (Å²) in [4.78, 5) is 12.4. The third-order valence-corrected chi connectivity index (χ3v) is 3.50. The fraction of sp³-hybridized carbons (Fsp3) is 0.538. The Labute approximate surface area is 111 Å². The topological polar surface area (TPSA) is 76.7 Å². The first kappa shape index (κ1) is 12.2. The first-order valence-electron chi connectivity index (χ1n) is 6.71. The van der Waals surface area contributed by atoms with Gasteiger partial charge >= 0.3 is 0 Å². The first-order chi connectivity index (χ1) is 9.42. The van der Waals surface area contributed by atoms with Crippen LogP contribution in [0, 0.1) is 5.92 Å². The Balaban J connectivity index is 1.59. The summed E-state index contributed by atoms with van der Waals surface area (Å²) in [6.45, 7) is 2.25. The van der Waals surface area contributed by atoms with Crippen LogP contribution in [-0.4, -0.2) is 33.2 Å². The lowest BCUT2D eigenvalue weighted by Crippen LogP contribution is -2.27. The van der Waals surface area contributed by atoms with Crippen molar-refractivity contribution in [1.29, 1.82) is 0 Å². The molecule has 1 N–H and O–H groups in total. The number of aryl methyl sites for hydroxylation is 1. The number of aromatic nitrogens is 4. The highest BCUT2D eigenvalue weighted by atomic mass is 16.5. The molecular formula is C13H17N5O. The van der Waals surface area contributed by atoms with Gasteiger partial charge in [-0.1, -0.05) is 5.16 Å². The zero-order valence-electron chi connectivity index (χ0n) is 10.7. The lowest BCUT2D eigenvalue weighted by atomic mass is 9.93. The van der Waals surface area contributed by atoms with Crippen molar-refractivity contribution in [2.24, 2.45) is 5.92 Å². The molecule has 0 aromatic carbocycles. The van der Waals surface area contributed by atoms with Gasteiger partial charge in [0.15, 0.2) is 0 Å². The predicted molar refractivity (Wildman–Crippen MR) is 69.2 cm³/mol. The Hall–Kier alpha value is -1.82. The maximum atomic E-state index is 5.27. The molecule has 0 aliphatic carbocycles. The number of hydrogen-bond acceptors (Lipinski definition) is 6. The van der Waals surface area contributed by atoms with Gasteiger partial charge in [-0.15, -0.1) is 0 Å². The van der Waals surface area contributed by atoms with E-state index >= 15 is 0 Å². The first-order valence-corrected chi connectivity index (χ1v) is 6.71. The van der Waals surface area contributed by atoms with E-state index in [1.807, 2.05) is 0 Å². The van der Waals surface area contributed by atoms with Crippen LogP contribution in [-0.2, 0) is 6.42 Å². The highest BCUT2D eigenvalue weighted by Crippen LogP contribution is 2.19. The highest BCUT2D eigenvalue weighted by Gasteiger charge is 2.15. The molecule has 0 spiro atoms. The van der Waals surface area contributed by atoms with Crippen molar-refractivity contribution in [1.82, 2.24) is 25.4 Å². The highest BCUT2D eigenvalue weighted by molar-refractivity contribution is 5.46. The van der Waals surface area contributed by atoms with Gasteiger partial charge in [0.05, 0.1) is 0 Å². The zero-order chi connectivity index (χ0) is 12.9. The van der Waals surface area contributed by atoms with E-state index in [0.29, 0.717) is 17.4 Å². The molecule has 1 fully saturated rings. The summed E-state index contributed by atoms with van der Waals surface area (Å²) in [6, 6.07) is 1.78. The van der Waals surface area contributed by atoms with E-state index < -0.39 is 0 Å². The fourth-order valence-corrected chi connectivity index (χ4v) is 2.38. The smallest absolute Gasteiger partial charge is 0.227 e. The lowest BCUT2D eigenvalue weighted by Gasteiger charge is -2.21. The number of rotatable bonds is 4. The fourth-order valence-electron chi connectivity index (χ4n) is 2.38. The molecule has 0 atom stereocenters. The second-order valence-corrected chi connectivity index (χ2v) is 4.84. The van der Waals surface area contributed by atoms with Gasteiger partial charge in [-0.2, -0.15) is 4.98 Å². The zero-order valence-corrected chi connectivity index (χ0v) is 10.7. The summed E-state index contributed by atoms with van der Waals surface area (Å²) in [5.74, 6) is 2.02. The average molecular weight is 259 g/mol. The molecule has 0 radical (unpaired) electrons. The molecule has 1 saturated heterocycles. The van der Waals surface area contributed by atoms with Crippen molar-refractivity contribution in [2.45, 2.75) is 25.7 Å². The number of nitrogens with one attached hydrogen (secondary N) is 1. The minimum atomic E-state index is 0.544. The number of nitrogens with zero attached hydrogens (tertiary/aromatic N) is 4. The van der Waals surface area contributed by atoms with Gasteiger partial charge in [-0.05, 0) is 44.3 Å². The van der Waals surface area contributed by atoms with E-state index in [9.17, 15) is 0 Å². The van der Waals surface area contributed by atoms with Crippen LogP contribution in [0.4, 0.5) is 0 Å². The van der Waals surface area contributed by atoms with Crippen molar-refractivity contribution >= 4 is 0 Å². The molecule has 1 aliphatic rings. The van der Waals surface area contributed by atoms with Crippen molar-refractivity contribution < 1.29 is 4.52 Å². The van der Waals surface area contributed by atoms with Gasteiger partial charge in [-0.3, -0.25) is 0 Å². The Bertz CT molecular complexity index is 507. The van der Waals surface area contributed by atoms with Crippen LogP contribution in [0.1, 0.15) is 25.2 Å². The second kappa shape index (κ2) is 5.88. The average Bonchev–Trinajstić information content (AvgIpc) is 2.96. The number of hydrogen-bond donors (Lipinski definition) is 1. The monoisotopic (exact) mass is 259 g/mol. The largest absolute Gasteiger partial charge is 0.339 e. The Morgan fingerprint density at radius 1 is 1.32 bits per heavy atom. The molecule has 2 aromatic heterocycles. The molecular weight excluding hydrogens is 242 g/mol. The molecule has 6 nitrogen and oxygen atoms in total. The van der Waals surface area contributed by atoms with E-state index in [2.05, 4.69) is 25.4 Å². The summed E-state index contributed by atoms with van der Waals surface area (Å²) in [6.07, 6.45) is 7.61. The summed E-state index contributed by atoms with van der Waals surface area (Å²) < 4.78 is 5.27. The van der Waals surface area contributed by atoms with E-state index in [1.165, 1.54) is 19.2 Å². The molecule has 3 rings (SSSR count). The molecule has 6 heteroatoms. The third-order valence-electron chi connectivity index (χ3n) is 3.50. The minimum Gasteiger partial charge on any atom is -0.339 e. The van der Waals surface area contributed by atoms with Crippen LogP contribution in [0.25, 0.3) is 11.5 Å². The quantitative estimate of drug-likeness (QED) is 0.895. The van der Waals surface area contributed by atoms with Crippen LogP contribution in [0.15, 0.2) is 23.1 Å². The Morgan fingerprint density at radius 2 is 2.21 bits per heavy atom. The number of piperidine rings is 1. The SMILES string of the molecule is c1cc(-c2noc(CCC3CCNCC3)n2)ncn1. The van der Waals surface area contributed by atoms with Crippen LogP contribution >= 0.6 is 0 Å². The second-order valence-electron chi connectivity index (χ2n) is 4.84. The van der Waals surface area contributed by atoms with Gasteiger partial charge in [0.2, 0.25) is 11.7 Å². The molecule has 3 heterocycles. The lowest BCUT2D eigenvalue weighted by molar-refractivity contribution is 0.324. The standard InChI is InChI=1S/C13H17N5O/c1(10-3-6-14-7-4-10)2-12-17-13(18-19-12)11-5-8-15-9-16-11/h5,8-10,14H,1-4,6-7H2. The van der Waals surface area contributed by atoms with E-state index in [1.54, 1.807) is 12.3 Å². The molecule has 1 aliphatic heterocycles. The van der Waals surface area contributed by atoms with Crippen LogP contribution in [0.2, 0.25) is 0 Å². The maximum Gasteiger partial charge on any atom is 0.227 e. The van der Waals surface area contributed by atoms with Crippen molar-refractivity contribution in [3.8, 4) is 11.5 Å². The molecule has 0 amide bonds. The molecule has 2 aromatic rings. The molecule has 0 bridgehead atoms. The van der Waals surface area contributed by atoms with Gasteiger partial charge in [-0.25, -0.2) is 9.97 Å². The third kappa shape index (κ3) is 3.14. The van der Waals surface area contributed by atoms with E-state index in [0.717, 1.165) is 31.8 Å². The van der Waals surface area contributed by atoms with Crippen molar-refractivity contribution in [3.63, 3.8) is 0 Å². The van der Waals surface area contributed by atoms with Crippen LogP contribution in [0.3, 0.4) is 0 Å². The minimum absolute atomic E-state index is 0.544. The molecule has 0 unspecified atom stereocenters. The molecule has 0 saturated carbocycles. The normalized spacial score (nSPS) is 16.6. The van der Waals surface area contributed by atoms with Gasteiger partial charge in [0.1, 0.15) is 12.0 Å². The van der Waals surface area contributed by atoms with Gasteiger partial charge < -0.3 is 9.84 Å². The summed E-state index contributed by atoms with van der Waals surface area (Å²) in [5.41, 5.74) is 0.701. The Morgan fingerprint density at radius 3 is 3.00 bits per heavy atom. The summed E-state index contributed by atoms with van der Waals surface area (Å²) in [7, 11) is 0. The van der Waals surface area contributed by atoms with Gasteiger partial charge in [0.25, 0.3) is 0 Å². The molecule has 100 valence electrons. The van der Waals surface area contributed by atoms with Crippen LogP contribution in [0.5, 0.6) is 0 Å². The van der Waals surface area contributed by atoms with E-state index in [4.69, 9.17) is 4.52 Å². The van der Waals surface area contributed by atoms with Crippen molar-refractivity contribution in [3.05, 3.63) is 24.5 Å². The summed E-state index contributed by atoms with van der Waals surface area (Å²) in [5, 5.41) is 7.33. The van der Waals surface area contributed by atoms with Crippen molar-refractivity contribution in [2.75, 3.05) is 13.1 Å². The predicted octanol–water partition coefficient (Wildman–Crippen LogP) is 1.46. The van der Waals surface area contributed by atoms with Gasteiger partial charge in [0, 0.05) is 12.6 Å².